The molecule has 2 rings (SSSR count). The van der Waals surface area contributed by atoms with E-state index in [9.17, 15) is 0 Å². The van der Waals surface area contributed by atoms with Gasteiger partial charge in [-0.3, -0.25) is 4.90 Å². The molecule has 0 aromatic carbocycles. The molecule has 0 aromatic rings. The van der Waals surface area contributed by atoms with Gasteiger partial charge >= 0.3 is 0 Å². The fourth-order valence-corrected chi connectivity index (χ4v) is 2.76. The number of ether oxygens (including phenoxy) is 1. The summed E-state index contributed by atoms with van der Waals surface area (Å²) in [4.78, 5) is 2.63. The fourth-order valence-electron chi connectivity index (χ4n) is 2.76. The summed E-state index contributed by atoms with van der Waals surface area (Å²) in [5, 5.41) is 0. The van der Waals surface area contributed by atoms with Crippen LogP contribution in [0, 0.1) is 0 Å². The zero-order valence-corrected chi connectivity index (χ0v) is 8.99. The highest BCUT2D eigenvalue weighted by atomic mass is 16.5. The van der Waals surface area contributed by atoms with Gasteiger partial charge in [0.05, 0.1) is 18.2 Å². The quantitative estimate of drug-likeness (QED) is 0.617. The van der Waals surface area contributed by atoms with Crippen molar-refractivity contribution in [2.45, 2.75) is 64.3 Å². The van der Waals surface area contributed by atoms with Crippen LogP contribution in [0.4, 0.5) is 0 Å². The Morgan fingerprint density at radius 2 is 2.08 bits per heavy atom. The highest BCUT2D eigenvalue weighted by Gasteiger charge is 2.44. The molecule has 3 unspecified atom stereocenters. The predicted molar refractivity (Wildman–Crippen MR) is 53.8 cm³/mol. The normalized spacial score (nSPS) is 41.1. The molecule has 76 valence electrons. The van der Waals surface area contributed by atoms with E-state index in [2.05, 4.69) is 25.7 Å². The van der Waals surface area contributed by atoms with Crippen LogP contribution in [-0.2, 0) is 4.74 Å². The summed E-state index contributed by atoms with van der Waals surface area (Å²) in [6, 6.07) is 1.39. The van der Waals surface area contributed by atoms with Gasteiger partial charge in [0.1, 0.15) is 0 Å². The Morgan fingerprint density at radius 3 is 2.69 bits per heavy atom. The van der Waals surface area contributed by atoms with E-state index in [0.717, 1.165) is 0 Å². The monoisotopic (exact) mass is 183 g/mol. The Bertz CT molecular complexity index is 176. The van der Waals surface area contributed by atoms with Crippen LogP contribution in [0.15, 0.2) is 0 Å². The molecule has 0 aliphatic carbocycles. The molecule has 2 aliphatic rings. The molecule has 13 heavy (non-hydrogen) atoms. The molecule has 2 heteroatoms. The highest BCUT2D eigenvalue weighted by molar-refractivity contribution is 4.96. The van der Waals surface area contributed by atoms with Crippen LogP contribution in [0.25, 0.3) is 0 Å². The number of hydrogen-bond donors (Lipinski definition) is 0. The molecule has 0 radical (unpaired) electrons. The molecule has 0 amide bonds. The van der Waals surface area contributed by atoms with Crippen molar-refractivity contribution in [2.24, 2.45) is 0 Å². The maximum Gasteiger partial charge on any atom is 0.0760 e. The molecular formula is C11H21NO. The van der Waals surface area contributed by atoms with Gasteiger partial charge in [-0.15, -0.1) is 0 Å². The summed E-state index contributed by atoms with van der Waals surface area (Å²) < 4.78 is 5.76. The lowest BCUT2D eigenvalue weighted by atomic mass is 9.94. The van der Waals surface area contributed by atoms with E-state index in [4.69, 9.17) is 4.74 Å². The van der Waals surface area contributed by atoms with E-state index in [1.807, 2.05) is 0 Å². The van der Waals surface area contributed by atoms with Crippen LogP contribution >= 0.6 is 0 Å². The summed E-state index contributed by atoms with van der Waals surface area (Å²) in [7, 11) is 0. The highest BCUT2D eigenvalue weighted by Crippen LogP contribution is 2.33. The molecule has 2 aliphatic heterocycles. The third kappa shape index (κ3) is 1.62. The van der Waals surface area contributed by atoms with Crippen LogP contribution in [0.2, 0.25) is 0 Å². The lowest BCUT2D eigenvalue weighted by Crippen LogP contribution is -2.62. The second-order valence-corrected chi connectivity index (χ2v) is 4.70. The molecule has 0 N–H and O–H groups in total. The zero-order valence-electron chi connectivity index (χ0n) is 8.99. The van der Waals surface area contributed by atoms with Gasteiger partial charge in [-0.05, 0) is 46.6 Å². The Kier molecular flexibility index (Phi) is 2.61. The molecular weight excluding hydrogens is 162 g/mol. The Labute approximate surface area is 81.3 Å². The summed E-state index contributed by atoms with van der Waals surface area (Å²) >= 11 is 0. The van der Waals surface area contributed by atoms with Crippen molar-refractivity contribution in [3.63, 3.8) is 0 Å². The third-order valence-electron chi connectivity index (χ3n) is 3.45. The molecule has 0 bridgehead atoms. The SMILES string of the molecule is CC1OC2CCCCN(C(C)C)C12. The topological polar surface area (TPSA) is 12.5 Å². The minimum atomic E-state index is 0.463. The lowest BCUT2D eigenvalue weighted by molar-refractivity contribution is -0.189. The maximum absolute atomic E-state index is 5.76. The Morgan fingerprint density at radius 1 is 1.31 bits per heavy atom. The first-order chi connectivity index (χ1) is 6.20. The van der Waals surface area contributed by atoms with Gasteiger partial charge < -0.3 is 4.74 Å². The van der Waals surface area contributed by atoms with E-state index in [-0.39, 0.29) is 0 Å². The van der Waals surface area contributed by atoms with Gasteiger partial charge in [0, 0.05) is 6.04 Å². The Balaban J connectivity index is 2.06. The van der Waals surface area contributed by atoms with Crippen molar-refractivity contribution in [1.82, 2.24) is 4.90 Å². The van der Waals surface area contributed by atoms with Crippen LogP contribution in [0.1, 0.15) is 40.0 Å². The van der Waals surface area contributed by atoms with Gasteiger partial charge in [0.2, 0.25) is 0 Å². The molecule has 2 heterocycles. The standard InChI is InChI=1S/C11H21NO/c1-8(2)12-7-5-4-6-10-11(12)9(3)13-10/h8-11H,4-7H2,1-3H3. The van der Waals surface area contributed by atoms with E-state index in [1.165, 1.54) is 25.8 Å². The van der Waals surface area contributed by atoms with Crippen molar-refractivity contribution in [3.8, 4) is 0 Å². The maximum atomic E-state index is 5.76. The zero-order chi connectivity index (χ0) is 9.42. The summed E-state index contributed by atoms with van der Waals surface area (Å²) in [5.74, 6) is 0. The van der Waals surface area contributed by atoms with Crippen LogP contribution in [0.5, 0.6) is 0 Å². The van der Waals surface area contributed by atoms with Crippen molar-refractivity contribution in [2.75, 3.05) is 6.54 Å². The van der Waals surface area contributed by atoms with Gasteiger partial charge in [0.15, 0.2) is 0 Å². The van der Waals surface area contributed by atoms with Crippen LogP contribution in [-0.4, -0.2) is 35.7 Å². The van der Waals surface area contributed by atoms with Crippen molar-refractivity contribution < 1.29 is 4.74 Å². The minimum Gasteiger partial charge on any atom is -0.372 e. The van der Waals surface area contributed by atoms with Gasteiger partial charge in [0.25, 0.3) is 0 Å². The second-order valence-electron chi connectivity index (χ2n) is 4.70. The number of nitrogens with zero attached hydrogens (tertiary/aromatic N) is 1. The molecule has 2 fully saturated rings. The van der Waals surface area contributed by atoms with E-state index < -0.39 is 0 Å². The Hall–Kier alpha value is -0.0800. The minimum absolute atomic E-state index is 0.463. The second kappa shape index (κ2) is 3.58. The fraction of sp³-hybridized carbons (Fsp3) is 1.00. The number of hydrogen-bond acceptors (Lipinski definition) is 2. The summed E-state index contributed by atoms with van der Waals surface area (Å²) in [6.45, 7) is 8.08. The molecule has 0 spiro atoms. The first-order valence-electron chi connectivity index (χ1n) is 5.61. The van der Waals surface area contributed by atoms with Crippen molar-refractivity contribution >= 4 is 0 Å². The summed E-state index contributed by atoms with van der Waals surface area (Å²) in [6.07, 6.45) is 4.97. The first kappa shape index (κ1) is 9.47. The largest absolute Gasteiger partial charge is 0.372 e. The number of likely N-dealkylation sites (tertiary alicyclic amines) is 1. The smallest absolute Gasteiger partial charge is 0.0760 e. The average Bonchev–Trinajstić information content (AvgIpc) is 2.22. The number of fused-ring (bicyclic) bond motifs is 1. The molecule has 2 saturated heterocycles. The molecule has 0 aromatic heterocycles. The van der Waals surface area contributed by atoms with Gasteiger partial charge in [-0.25, -0.2) is 0 Å². The third-order valence-corrected chi connectivity index (χ3v) is 3.45. The van der Waals surface area contributed by atoms with Crippen LogP contribution in [0.3, 0.4) is 0 Å². The molecule has 3 atom stereocenters. The summed E-state index contributed by atoms with van der Waals surface area (Å²) in [5.41, 5.74) is 0. The van der Waals surface area contributed by atoms with E-state index >= 15 is 0 Å². The van der Waals surface area contributed by atoms with E-state index in [0.29, 0.717) is 24.3 Å². The van der Waals surface area contributed by atoms with Crippen molar-refractivity contribution in [3.05, 3.63) is 0 Å². The van der Waals surface area contributed by atoms with Crippen molar-refractivity contribution in [1.29, 1.82) is 0 Å². The molecule has 0 saturated carbocycles. The number of rotatable bonds is 1. The predicted octanol–water partition coefficient (Wildman–Crippen LogP) is 2.04. The van der Waals surface area contributed by atoms with Crippen LogP contribution < -0.4 is 0 Å². The first-order valence-corrected chi connectivity index (χ1v) is 5.61. The average molecular weight is 183 g/mol. The van der Waals surface area contributed by atoms with Gasteiger partial charge in [-0.2, -0.15) is 0 Å². The van der Waals surface area contributed by atoms with E-state index in [1.54, 1.807) is 0 Å². The van der Waals surface area contributed by atoms with Gasteiger partial charge in [-0.1, -0.05) is 0 Å². The lowest BCUT2D eigenvalue weighted by Gasteiger charge is -2.49. The molecule has 2 nitrogen and oxygen atoms in total.